The molecule has 2 N–H and O–H groups in total. The van der Waals surface area contributed by atoms with Crippen molar-refractivity contribution in [1.82, 2.24) is 5.32 Å². The summed E-state index contributed by atoms with van der Waals surface area (Å²) in [7, 11) is 1.71. The van der Waals surface area contributed by atoms with E-state index in [4.69, 9.17) is 14.6 Å². The van der Waals surface area contributed by atoms with Crippen molar-refractivity contribution in [3.05, 3.63) is 29.3 Å². The molecule has 0 unspecified atom stereocenters. The number of unbranched alkanes of at least 4 members (excludes halogenated alkanes) is 3. The SMILES string of the molecule is COCCNCc1cccc(C)c1OCCCCCCO. The van der Waals surface area contributed by atoms with Crippen molar-refractivity contribution < 1.29 is 14.6 Å². The van der Waals surface area contributed by atoms with Gasteiger partial charge in [-0.15, -0.1) is 0 Å². The van der Waals surface area contributed by atoms with E-state index in [0.29, 0.717) is 6.61 Å². The predicted molar refractivity (Wildman–Crippen MR) is 85.8 cm³/mol. The van der Waals surface area contributed by atoms with Gasteiger partial charge in [-0.25, -0.2) is 0 Å². The molecule has 0 aromatic heterocycles. The van der Waals surface area contributed by atoms with E-state index in [9.17, 15) is 0 Å². The van der Waals surface area contributed by atoms with Crippen LogP contribution in [0.4, 0.5) is 0 Å². The van der Waals surface area contributed by atoms with Crippen LogP contribution in [-0.4, -0.2) is 38.6 Å². The van der Waals surface area contributed by atoms with Gasteiger partial charge in [-0.1, -0.05) is 24.6 Å². The number of aliphatic hydroxyl groups is 1. The van der Waals surface area contributed by atoms with Crippen LogP contribution in [0, 0.1) is 6.92 Å². The summed E-state index contributed by atoms with van der Waals surface area (Å²) in [5.74, 6) is 1.00. The second-order valence-corrected chi connectivity index (χ2v) is 5.22. The third kappa shape index (κ3) is 7.46. The highest BCUT2D eigenvalue weighted by Gasteiger charge is 2.06. The number of aliphatic hydroxyl groups excluding tert-OH is 1. The third-order valence-electron chi connectivity index (χ3n) is 3.39. The Hall–Kier alpha value is -1.10. The molecule has 1 aromatic carbocycles. The second kappa shape index (κ2) is 11.5. The van der Waals surface area contributed by atoms with E-state index in [1.165, 1.54) is 11.1 Å². The molecule has 0 heterocycles. The Bertz CT molecular complexity index is 382. The van der Waals surface area contributed by atoms with E-state index in [1.54, 1.807) is 7.11 Å². The molecule has 0 radical (unpaired) electrons. The molecule has 1 rings (SSSR count). The highest BCUT2D eigenvalue weighted by atomic mass is 16.5. The Kier molecular flexibility index (Phi) is 9.87. The molecule has 0 atom stereocenters. The topological polar surface area (TPSA) is 50.7 Å². The first-order valence-electron chi connectivity index (χ1n) is 7.81. The molecule has 4 nitrogen and oxygen atoms in total. The number of ether oxygens (including phenoxy) is 2. The van der Waals surface area contributed by atoms with Gasteiger partial charge in [-0.3, -0.25) is 0 Å². The van der Waals surface area contributed by atoms with E-state index in [0.717, 1.165) is 51.1 Å². The van der Waals surface area contributed by atoms with Crippen LogP contribution in [0.25, 0.3) is 0 Å². The Morgan fingerprint density at radius 2 is 1.90 bits per heavy atom. The monoisotopic (exact) mass is 295 g/mol. The van der Waals surface area contributed by atoms with Gasteiger partial charge in [0.05, 0.1) is 13.2 Å². The average molecular weight is 295 g/mol. The Balaban J connectivity index is 2.39. The molecule has 0 aliphatic heterocycles. The van der Waals surface area contributed by atoms with Gasteiger partial charge in [-0.05, 0) is 31.7 Å². The van der Waals surface area contributed by atoms with Crippen LogP contribution < -0.4 is 10.1 Å². The summed E-state index contributed by atoms with van der Waals surface area (Å²) in [4.78, 5) is 0. The standard InChI is InChI=1S/C17H29NO3/c1-15-8-7-9-16(14-18-10-13-20-2)17(15)21-12-6-4-3-5-11-19/h7-9,18-19H,3-6,10-14H2,1-2H3. The molecular formula is C17H29NO3. The van der Waals surface area contributed by atoms with Crippen LogP contribution in [-0.2, 0) is 11.3 Å². The molecule has 0 spiro atoms. The molecular weight excluding hydrogens is 266 g/mol. The first-order valence-corrected chi connectivity index (χ1v) is 7.81. The molecule has 0 aliphatic rings. The van der Waals surface area contributed by atoms with Crippen molar-refractivity contribution in [3.63, 3.8) is 0 Å². The summed E-state index contributed by atoms with van der Waals surface area (Å²) in [6.07, 6.45) is 4.09. The van der Waals surface area contributed by atoms with E-state index in [-0.39, 0.29) is 6.61 Å². The van der Waals surface area contributed by atoms with Crippen molar-refractivity contribution in [1.29, 1.82) is 0 Å². The van der Waals surface area contributed by atoms with Gasteiger partial charge in [0.15, 0.2) is 0 Å². The quantitative estimate of drug-likeness (QED) is 0.582. The number of benzene rings is 1. The minimum absolute atomic E-state index is 0.288. The van der Waals surface area contributed by atoms with Gasteiger partial charge in [0.25, 0.3) is 0 Å². The van der Waals surface area contributed by atoms with Gasteiger partial charge in [-0.2, -0.15) is 0 Å². The van der Waals surface area contributed by atoms with E-state index >= 15 is 0 Å². The zero-order chi connectivity index (χ0) is 15.3. The first kappa shape index (κ1) is 18.0. The zero-order valence-corrected chi connectivity index (χ0v) is 13.4. The summed E-state index contributed by atoms with van der Waals surface area (Å²) in [6, 6.07) is 6.25. The van der Waals surface area contributed by atoms with Crippen molar-refractivity contribution >= 4 is 0 Å². The van der Waals surface area contributed by atoms with Crippen LogP contribution in [0.3, 0.4) is 0 Å². The number of aryl methyl sites for hydroxylation is 1. The summed E-state index contributed by atoms with van der Waals surface area (Å²) in [6.45, 7) is 5.46. The van der Waals surface area contributed by atoms with Gasteiger partial charge in [0, 0.05) is 32.4 Å². The Morgan fingerprint density at radius 3 is 2.67 bits per heavy atom. The van der Waals surface area contributed by atoms with Crippen molar-refractivity contribution in [2.45, 2.75) is 39.2 Å². The fourth-order valence-corrected chi connectivity index (χ4v) is 2.20. The lowest BCUT2D eigenvalue weighted by atomic mass is 10.1. The molecule has 0 fully saturated rings. The van der Waals surface area contributed by atoms with Gasteiger partial charge in [0.1, 0.15) is 5.75 Å². The zero-order valence-electron chi connectivity index (χ0n) is 13.4. The fraction of sp³-hybridized carbons (Fsp3) is 0.647. The lowest BCUT2D eigenvalue weighted by Gasteiger charge is -2.14. The lowest BCUT2D eigenvalue weighted by Crippen LogP contribution is -2.19. The smallest absolute Gasteiger partial charge is 0.126 e. The molecule has 0 amide bonds. The number of rotatable bonds is 12. The molecule has 0 bridgehead atoms. The molecule has 120 valence electrons. The van der Waals surface area contributed by atoms with E-state index < -0.39 is 0 Å². The second-order valence-electron chi connectivity index (χ2n) is 5.22. The maximum absolute atomic E-state index is 8.75. The van der Waals surface area contributed by atoms with Crippen LogP contribution in [0.5, 0.6) is 5.75 Å². The molecule has 21 heavy (non-hydrogen) atoms. The summed E-state index contributed by atoms with van der Waals surface area (Å²) in [5, 5.41) is 12.1. The van der Waals surface area contributed by atoms with Crippen LogP contribution >= 0.6 is 0 Å². The minimum Gasteiger partial charge on any atom is -0.493 e. The molecule has 0 aliphatic carbocycles. The van der Waals surface area contributed by atoms with Crippen molar-refractivity contribution in [2.75, 3.05) is 33.5 Å². The highest BCUT2D eigenvalue weighted by molar-refractivity contribution is 5.40. The van der Waals surface area contributed by atoms with Gasteiger partial charge < -0.3 is 19.9 Å². The normalized spacial score (nSPS) is 10.8. The third-order valence-corrected chi connectivity index (χ3v) is 3.39. The van der Waals surface area contributed by atoms with Crippen LogP contribution in [0.1, 0.15) is 36.8 Å². The highest BCUT2D eigenvalue weighted by Crippen LogP contribution is 2.23. The maximum Gasteiger partial charge on any atom is 0.126 e. The molecule has 0 saturated carbocycles. The number of para-hydroxylation sites is 1. The maximum atomic E-state index is 8.75. The van der Waals surface area contributed by atoms with Crippen LogP contribution in [0.15, 0.2) is 18.2 Å². The average Bonchev–Trinajstić information content (AvgIpc) is 2.49. The molecule has 0 saturated heterocycles. The predicted octanol–water partition coefficient (Wildman–Crippen LogP) is 2.66. The van der Waals surface area contributed by atoms with Gasteiger partial charge >= 0.3 is 0 Å². The number of nitrogens with one attached hydrogen (secondary N) is 1. The fourth-order valence-electron chi connectivity index (χ4n) is 2.20. The van der Waals surface area contributed by atoms with Crippen LogP contribution in [0.2, 0.25) is 0 Å². The summed E-state index contributed by atoms with van der Waals surface area (Å²) < 4.78 is 11.0. The summed E-state index contributed by atoms with van der Waals surface area (Å²) >= 11 is 0. The number of hydrogen-bond donors (Lipinski definition) is 2. The Labute approximate surface area is 128 Å². The number of methoxy groups -OCH3 is 1. The lowest BCUT2D eigenvalue weighted by molar-refractivity contribution is 0.199. The Morgan fingerprint density at radius 1 is 1.10 bits per heavy atom. The van der Waals surface area contributed by atoms with E-state index in [1.807, 2.05) is 0 Å². The van der Waals surface area contributed by atoms with Crippen molar-refractivity contribution in [2.24, 2.45) is 0 Å². The molecule has 4 heteroatoms. The molecule has 1 aromatic rings. The van der Waals surface area contributed by atoms with Gasteiger partial charge in [0.2, 0.25) is 0 Å². The van der Waals surface area contributed by atoms with Crippen molar-refractivity contribution in [3.8, 4) is 5.75 Å². The minimum atomic E-state index is 0.288. The number of hydrogen-bond acceptors (Lipinski definition) is 4. The largest absolute Gasteiger partial charge is 0.493 e. The van der Waals surface area contributed by atoms with E-state index in [2.05, 4.69) is 30.4 Å². The summed E-state index contributed by atoms with van der Waals surface area (Å²) in [5.41, 5.74) is 2.37. The first-order chi connectivity index (χ1) is 10.3.